The van der Waals surface area contributed by atoms with Crippen LogP contribution in [0.25, 0.3) is 0 Å². The molecule has 2 fully saturated rings. The highest BCUT2D eigenvalue weighted by molar-refractivity contribution is 6.26. The molecule has 2 aromatic carbocycles. The van der Waals surface area contributed by atoms with E-state index < -0.39 is 53.5 Å². The molecule has 0 saturated carbocycles. The number of ether oxygens (including phenoxy) is 2. The quantitative estimate of drug-likeness (QED) is 0.272. The van der Waals surface area contributed by atoms with E-state index in [-0.39, 0.29) is 22.6 Å². The van der Waals surface area contributed by atoms with Gasteiger partial charge in [0.2, 0.25) is 11.8 Å². The fourth-order valence-electron chi connectivity index (χ4n) is 5.05. The van der Waals surface area contributed by atoms with Crippen LogP contribution in [0.3, 0.4) is 0 Å². The van der Waals surface area contributed by atoms with Crippen LogP contribution < -0.4 is 9.64 Å². The molecule has 0 spiro atoms. The summed E-state index contributed by atoms with van der Waals surface area (Å²) in [7, 11) is 1.21. The van der Waals surface area contributed by atoms with Gasteiger partial charge >= 0.3 is 11.9 Å². The normalized spacial score (nSPS) is 23.9. The lowest BCUT2D eigenvalue weighted by Crippen LogP contribution is -2.46. The summed E-state index contributed by atoms with van der Waals surface area (Å²) in [5, 5.41) is 5.82. The lowest BCUT2D eigenvalue weighted by atomic mass is 9.86. The molecule has 0 unspecified atom stereocenters. The van der Waals surface area contributed by atoms with Gasteiger partial charge in [0.1, 0.15) is 11.8 Å². The van der Waals surface area contributed by atoms with Crippen molar-refractivity contribution >= 4 is 41.4 Å². The minimum Gasteiger partial charge on any atom is -0.465 e. The molecule has 36 heavy (non-hydrogen) atoms. The van der Waals surface area contributed by atoms with Crippen molar-refractivity contribution in [3.8, 4) is 5.75 Å². The average Bonchev–Trinajstić information content (AvgIpc) is 3.35. The van der Waals surface area contributed by atoms with Crippen LogP contribution in [0.1, 0.15) is 27.6 Å². The molecule has 0 aromatic heterocycles. The van der Waals surface area contributed by atoms with E-state index in [1.165, 1.54) is 61.7 Å². The number of nitrogens with zero attached hydrogens (tertiary/aromatic N) is 3. The Labute approximate surface area is 205 Å². The van der Waals surface area contributed by atoms with Crippen molar-refractivity contribution in [3.05, 3.63) is 71.8 Å². The second-order valence-corrected chi connectivity index (χ2v) is 8.52. The fourth-order valence-corrected chi connectivity index (χ4v) is 5.05. The number of carbonyl (C=O) groups is 5. The molecule has 10 nitrogen and oxygen atoms in total. The molecule has 3 aliphatic rings. The first-order chi connectivity index (χ1) is 17.3. The molecule has 0 radical (unpaired) electrons. The second-order valence-electron chi connectivity index (χ2n) is 8.52. The molecular formula is C26H21N3O7. The maximum absolute atomic E-state index is 13.8. The Bertz CT molecular complexity index is 1350. The van der Waals surface area contributed by atoms with E-state index in [1.54, 1.807) is 24.3 Å². The van der Waals surface area contributed by atoms with E-state index >= 15 is 0 Å². The van der Waals surface area contributed by atoms with Crippen molar-refractivity contribution in [2.45, 2.75) is 19.0 Å². The number of hydrazone groups is 1. The van der Waals surface area contributed by atoms with Crippen LogP contribution in [-0.2, 0) is 19.1 Å². The maximum atomic E-state index is 13.8. The first kappa shape index (κ1) is 23.2. The van der Waals surface area contributed by atoms with Crippen LogP contribution >= 0.6 is 0 Å². The molecule has 5 rings (SSSR count). The van der Waals surface area contributed by atoms with Crippen LogP contribution in [0.4, 0.5) is 5.69 Å². The van der Waals surface area contributed by atoms with Crippen molar-refractivity contribution < 1.29 is 33.4 Å². The van der Waals surface area contributed by atoms with E-state index in [4.69, 9.17) is 9.47 Å². The number of imide groups is 1. The third-order valence-corrected chi connectivity index (χ3v) is 6.51. The fraction of sp³-hybridized carbons (Fsp3) is 0.231. The summed E-state index contributed by atoms with van der Waals surface area (Å²) in [6.45, 7) is 1.27. The molecular weight excluding hydrogens is 466 g/mol. The predicted molar refractivity (Wildman–Crippen MR) is 126 cm³/mol. The number of carbonyl (C=O) groups excluding carboxylic acids is 5. The number of hydrogen-bond acceptors (Lipinski definition) is 9. The van der Waals surface area contributed by atoms with E-state index in [1.807, 2.05) is 0 Å². The lowest BCUT2D eigenvalue weighted by Gasteiger charge is -2.30. The highest BCUT2D eigenvalue weighted by Gasteiger charge is 2.64. The molecule has 2 aromatic rings. The SMILES string of the molecule is COC(=O)c1ccccc1N1C(=O)[C@@H]2[C@H](C1=O)[C@H]1C=CC=NN1[C@@H]2C(=O)c1ccc(OC(C)=O)cc1. The third-order valence-electron chi connectivity index (χ3n) is 6.51. The molecule has 4 atom stereocenters. The van der Waals surface area contributed by atoms with Crippen molar-refractivity contribution in [1.29, 1.82) is 0 Å². The zero-order chi connectivity index (χ0) is 25.6. The summed E-state index contributed by atoms with van der Waals surface area (Å²) >= 11 is 0. The first-order valence-electron chi connectivity index (χ1n) is 11.2. The number of hydrogen-bond donors (Lipinski definition) is 0. The van der Waals surface area contributed by atoms with Gasteiger partial charge in [0.25, 0.3) is 0 Å². The van der Waals surface area contributed by atoms with Gasteiger partial charge in [-0.3, -0.25) is 24.2 Å². The number of rotatable bonds is 5. The van der Waals surface area contributed by atoms with Gasteiger partial charge in [-0.2, -0.15) is 5.10 Å². The molecule has 0 bridgehead atoms. The standard InChI is InChI=1S/C26H21N3O7/c1-14(30)36-16-11-9-15(10-12-16)23(31)22-21-20(19-8-5-13-27-29(19)22)24(32)28(25(21)33)18-7-4-3-6-17(18)26(34)35-2/h3-13,19-22H,1-2H3/t19-,20-,21-,22+/m1/s1. The summed E-state index contributed by atoms with van der Waals surface area (Å²) in [4.78, 5) is 65.6. The Hall–Kier alpha value is -4.60. The number of fused-ring (bicyclic) bond motifs is 3. The third kappa shape index (κ3) is 3.58. The number of esters is 2. The van der Waals surface area contributed by atoms with Gasteiger partial charge in [-0.15, -0.1) is 0 Å². The molecule has 3 aliphatic heterocycles. The number of ketones is 1. The largest absolute Gasteiger partial charge is 0.465 e. The molecule has 182 valence electrons. The van der Waals surface area contributed by atoms with Crippen LogP contribution in [0.15, 0.2) is 65.8 Å². The summed E-state index contributed by atoms with van der Waals surface area (Å²) in [5.74, 6) is -4.30. The number of amides is 2. The topological polar surface area (TPSA) is 123 Å². The van der Waals surface area contributed by atoms with Crippen LogP contribution in [-0.4, -0.2) is 60.0 Å². The minimum absolute atomic E-state index is 0.0691. The van der Waals surface area contributed by atoms with E-state index in [2.05, 4.69) is 5.10 Å². The number of allylic oxidation sites excluding steroid dienone is 1. The van der Waals surface area contributed by atoms with Crippen LogP contribution in [0, 0.1) is 11.8 Å². The number of benzene rings is 2. The van der Waals surface area contributed by atoms with Crippen LogP contribution in [0.5, 0.6) is 5.75 Å². The zero-order valence-corrected chi connectivity index (χ0v) is 19.4. The Balaban J connectivity index is 1.54. The monoisotopic (exact) mass is 487 g/mol. The molecule has 0 aliphatic carbocycles. The number of methoxy groups -OCH3 is 1. The highest BCUT2D eigenvalue weighted by atomic mass is 16.5. The van der Waals surface area contributed by atoms with Gasteiger partial charge < -0.3 is 9.47 Å². The Morgan fingerprint density at radius 1 is 0.944 bits per heavy atom. The van der Waals surface area contributed by atoms with E-state index in [0.717, 1.165) is 4.90 Å². The first-order valence-corrected chi connectivity index (χ1v) is 11.2. The lowest BCUT2D eigenvalue weighted by molar-refractivity contribution is -0.132. The van der Waals surface area contributed by atoms with Crippen molar-refractivity contribution in [2.75, 3.05) is 12.0 Å². The van der Waals surface area contributed by atoms with Gasteiger partial charge in [0.05, 0.1) is 36.2 Å². The van der Waals surface area contributed by atoms with Gasteiger partial charge in [0.15, 0.2) is 5.78 Å². The Morgan fingerprint density at radius 3 is 2.33 bits per heavy atom. The maximum Gasteiger partial charge on any atom is 0.339 e. The molecule has 0 N–H and O–H groups in total. The van der Waals surface area contributed by atoms with Gasteiger partial charge in [-0.25, -0.2) is 9.69 Å². The predicted octanol–water partition coefficient (Wildman–Crippen LogP) is 2.00. The van der Waals surface area contributed by atoms with Crippen molar-refractivity contribution in [3.63, 3.8) is 0 Å². The summed E-state index contributed by atoms with van der Waals surface area (Å²) in [6, 6.07) is 10.5. The summed E-state index contributed by atoms with van der Waals surface area (Å²) < 4.78 is 9.85. The van der Waals surface area contributed by atoms with Crippen molar-refractivity contribution in [1.82, 2.24) is 5.01 Å². The zero-order valence-electron chi connectivity index (χ0n) is 19.4. The number of anilines is 1. The second kappa shape index (κ2) is 8.88. The van der Waals surface area contributed by atoms with E-state index in [0.29, 0.717) is 0 Å². The van der Waals surface area contributed by atoms with Crippen molar-refractivity contribution in [2.24, 2.45) is 16.9 Å². The molecule has 10 heteroatoms. The average molecular weight is 487 g/mol. The van der Waals surface area contributed by atoms with Gasteiger partial charge in [-0.05, 0) is 42.5 Å². The van der Waals surface area contributed by atoms with E-state index in [9.17, 15) is 24.0 Å². The minimum atomic E-state index is -1.05. The molecule has 2 amide bonds. The molecule has 2 saturated heterocycles. The molecule has 3 heterocycles. The highest BCUT2D eigenvalue weighted by Crippen LogP contribution is 2.46. The van der Waals surface area contributed by atoms with Crippen LogP contribution in [0.2, 0.25) is 0 Å². The Kier molecular flexibility index (Phi) is 5.71. The summed E-state index contributed by atoms with van der Waals surface area (Å²) in [5.41, 5.74) is 0.453. The Morgan fingerprint density at radius 2 is 1.64 bits per heavy atom. The number of Topliss-reactive ketones (excluding diaryl/α,β-unsaturated/α-hetero) is 1. The smallest absolute Gasteiger partial charge is 0.339 e. The van der Waals surface area contributed by atoms with Gasteiger partial charge in [-0.1, -0.05) is 18.2 Å². The summed E-state index contributed by atoms with van der Waals surface area (Å²) in [6.07, 6.45) is 4.91. The number of para-hydroxylation sites is 1. The van der Waals surface area contributed by atoms with Gasteiger partial charge in [0, 0.05) is 18.7 Å².